The summed E-state index contributed by atoms with van der Waals surface area (Å²) >= 11 is 0. The summed E-state index contributed by atoms with van der Waals surface area (Å²) < 4.78 is 0. The van der Waals surface area contributed by atoms with E-state index in [1.807, 2.05) is 0 Å². The van der Waals surface area contributed by atoms with E-state index in [0.717, 1.165) is 0 Å². The van der Waals surface area contributed by atoms with E-state index < -0.39 is 8.07 Å². The van der Waals surface area contributed by atoms with Crippen LogP contribution >= 0.6 is 0 Å². The maximum absolute atomic E-state index is 4.30. The second kappa shape index (κ2) is 5.31. The van der Waals surface area contributed by atoms with Crippen LogP contribution < -0.4 is 5.19 Å². The minimum absolute atomic E-state index is 1.20. The molecule has 0 fully saturated rings. The number of rotatable bonds is 5. The van der Waals surface area contributed by atoms with E-state index >= 15 is 0 Å². The standard InChI is InChI=1S/C14H22Si/c1-5-6-10-13(2)15(3,4)14-11-8-7-9-12-14/h7-9,11-12H,2,5-6,10H2,1,3-4H3. The van der Waals surface area contributed by atoms with Gasteiger partial charge >= 0.3 is 0 Å². The van der Waals surface area contributed by atoms with Gasteiger partial charge in [0.2, 0.25) is 0 Å². The number of hydrogen-bond donors (Lipinski definition) is 0. The van der Waals surface area contributed by atoms with Crippen molar-refractivity contribution in [3.63, 3.8) is 0 Å². The molecule has 0 bridgehead atoms. The predicted octanol–water partition coefficient (Wildman–Crippen LogP) is 3.89. The normalized spacial score (nSPS) is 11.4. The highest BCUT2D eigenvalue weighted by Crippen LogP contribution is 2.18. The molecule has 0 aliphatic rings. The van der Waals surface area contributed by atoms with Gasteiger partial charge in [-0.1, -0.05) is 73.6 Å². The van der Waals surface area contributed by atoms with E-state index in [9.17, 15) is 0 Å². The molecule has 0 heterocycles. The van der Waals surface area contributed by atoms with Gasteiger partial charge in [-0.15, -0.1) is 6.58 Å². The van der Waals surface area contributed by atoms with Crippen LogP contribution in [0.5, 0.6) is 0 Å². The van der Waals surface area contributed by atoms with Gasteiger partial charge in [-0.25, -0.2) is 0 Å². The average Bonchev–Trinajstić information content (AvgIpc) is 2.27. The van der Waals surface area contributed by atoms with Gasteiger partial charge in [0.15, 0.2) is 0 Å². The Balaban J connectivity index is 2.78. The maximum Gasteiger partial charge on any atom is 0.106 e. The second-order valence-electron chi connectivity index (χ2n) is 4.70. The number of unbranched alkanes of at least 4 members (excludes halogenated alkanes) is 1. The fraction of sp³-hybridized carbons (Fsp3) is 0.429. The number of hydrogen-bond acceptors (Lipinski definition) is 0. The molecular formula is C14H22Si. The number of allylic oxidation sites excluding steroid dienone is 1. The Bertz CT molecular complexity index is 311. The minimum atomic E-state index is -1.41. The minimum Gasteiger partial charge on any atom is -0.103 e. The molecule has 0 spiro atoms. The summed E-state index contributed by atoms with van der Waals surface area (Å²) in [5.74, 6) is 0. The first-order chi connectivity index (χ1) is 7.09. The Morgan fingerprint density at radius 2 is 1.80 bits per heavy atom. The van der Waals surface area contributed by atoms with E-state index in [-0.39, 0.29) is 0 Å². The molecule has 0 amide bonds. The van der Waals surface area contributed by atoms with Crippen molar-refractivity contribution in [2.75, 3.05) is 0 Å². The molecule has 0 radical (unpaired) electrons. The highest BCUT2D eigenvalue weighted by Gasteiger charge is 2.25. The summed E-state index contributed by atoms with van der Waals surface area (Å²) in [4.78, 5) is 0. The fourth-order valence-corrected chi connectivity index (χ4v) is 4.00. The molecule has 1 aromatic rings. The van der Waals surface area contributed by atoms with Gasteiger partial charge in [0.1, 0.15) is 8.07 Å². The van der Waals surface area contributed by atoms with Gasteiger partial charge in [-0.3, -0.25) is 0 Å². The monoisotopic (exact) mass is 218 g/mol. The van der Waals surface area contributed by atoms with Crippen molar-refractivity contribution in [3.05, 3.63) is 42.1 Å². The van der Waals surface area contributed by atoms with Crippen LogP contribution in [-0.4, -0.2) is 8.07 Å². The van der Waals surface area contributed by atoms with E-state index in [1.165, 1.54) is 29.6 Å². The Hall–Kier alpha value is -0.823. The lowest BCUT2D eigenvalue weighted by Crippen LogP contribution is -2.43. The van der Waals surface area contributed by atoms with Gasteiger partial charge in [0, 0.05) is 0 Å². The molecule has 0 aliphatic carbocycles. The molecule has 82 valence electrons. The SMILES string of the molecule is C=C(CCCC)[Si](C)(C)c1ccccc1. The molecule has 0 nitrogen and oxygen atoms in total. The van der Waals surface area contributed by atoms with Gasteiger partial charge in [0.05, 0.1) is 0 Å². The lowest BCUT2D eigenvalue weighted by molar-refractivity contribution is 0.805. The quantitative estimate of drug-likeness (QED) is 0.658. The molecule has 0 atom stereocenters. The molecule has 1 rings (SSSR count). The molecule has 0 saturated heterocycles. The lowest BCUT2D eigenvalue weighted by atomic mass is 10.2. The topological polar surface area (TPSA) is 0 Å². The van der Waals surface area contributed by atoms with Crippen LogP contribution in [0.4, 0.5) is 0 Å². The molecule has 0 saturated carbocycles. The van der Waals surface area contributed by atoms with Gasteiger partial charge < -0.3 is 0 Å². The largest absolute Gasteiger partial charge is 0.106 e. The Labute approximate surface area is 95.0 Å². The third-order valence-electron chi connectivity index (χ3n) is 3.21. The highest BCUT2D eigenvalue weighted by atomic mass is 28.3. The second-order valence-corrected chi connectivity index (χ2v) is 9.23. The molecular weight excluding hydrogens is 196 g/mol. The molecule has 0 unspecified atom stereocenters. The van der Waals surface area contributed by atoms with Gasteiger partial charge in [-0.05, 0) is 6.42 Å². The zero-order valence-corrected chi connectivity index (χ0v) is 11.2. The van der Waals surface area contributed by atoms with Crippen molar-refractivity contribution in [2.24, 2.45) is 0 Å². The van der Waals surface area contributed by atoms with Gasteiger partial charge in [0.25, 0.3) is 0 Å². The van der Waals surface area contributed by atoms with Crippen molar-refractivity contribution >= 4 is 13.3 Å². The fourth-order valence-electron chi connectivity index (χ4n) is 1.76. The lowest BCUT2D eigenvalue weighted by Gasteiger charge is -2.25. The smallest absolute Gasteiger partial charge is 0.103 e. The molecule has 1 aromatic carbocycles. The summed E-state index contributed by atoms with van der Waals surface area (Å²) in [6.07, 6.45) is 3.74. The summed E-state index contributed by atoms with van der Waals surface area (Å²) in [5.41, 5.74) is 0. The van der Waals surface area contributed by atoms with Crippen molar-refractivity contribution in [2.45, 2.75) is 39.3 Å². The number of benzene rings is 1. The zero-order valence-electron chi connectivity index (χ0n) is 10.2. The summed E-state index contributed by atoms with van der Waals surface area (Å²) in [5, 5.41) is 2.99. The van der Waals surface area contributed by atoms with E-state index in [1.54, 1.807) is 0 Å². The first-order valence-corrected chi connectivity index (χ1v) is 8.82. The van der Waals surface area contributed by atoms with Crippen molar-refractivity contribution in [3.8, 4) is 0 Å². The third-order valence-corrected chi connectivity index (χ3v) is 7.01. The Kier molecular flexibility index (Phi) is 4.34. The van der Waals surface area contributed by atoms with Crippen LogP contribution in [0.1, 0.15) is 26.2 Å². The van der Waals surface area contributed by atoms with Crippen LogP contribution in [0.3, 0.4) is 0 Å². The van der Waals surface area contributed by atoms with Crippen molar-refractivity contribution in [1.29, 1.82) is 0 Å². The van der Waals surface area contributed by atoms with E-state index in [0.29, 0.717) is 0 Å². The zero-order chi connectivity index (χ0) is 11.3. The van der Waals surface area contributed by atoms with Crippen LogP contribution in [-0.2, 0) is 0 Å². The van der Waals surface area contributed by atoms with Crippen molar-refractivity contribution in [1.82, 2.24) is 0 Å². The van der Waals surface area contributed by atoms with Crippen LogP contribution in [0.15, 0.2) is 42.1 Å². The highest BCUT2D eigenvalue weighted by molar-refractivity contribution is 6.95. The summed E-state index contributed by atoms with van der Waals surface area (Å²) in [6, 6.07) is 10.9. The Morgan fingerprint density at radius 3 is 2.33 bits per heavy atom. The van der Waals surface area contributed by atoms with Crippen LogP contribution in [0, 0.1) is 0 Å². The Morgan fingerprint density at radius 1 is 1.20 bits per heavy atom. The van der Waals surface area contributed by atoms with E-state index in [4.69, 9.17) is 0 Å². The first kappa shape index (κ1) is 12.2. The van der Waals surface area contributed by atoms with Gasteiger partial charge in [-0.2, -0.15) is 0 Å². The summed E-state index contributed by atoms with van der Waals surface area (Å²) in [7, 11) is -1.41. The molecule has 1 heteroatoms. The summed E-state index contributed by atoms with van der Waals surface area (Å²) in [6.45, 7) is 11.3. The molecule has 0 aromatic heterocycles. The van der Waals surface area contributed by atoms with Crippen molar-refractivity contribution < 1.29 is 0 Å². The maximum atomic E-state index is 4.30. The van der Waals surface area contributed by atoms with E-state index in [2.05, 4.69) is 56.9 Å². The molecule has 0 aliphatic heterocycles. The third kappa shape index (κ3) is 3.06. The molecule has 0 N–H and O–H groups in total. The van der Waals surface area contributed by atoms with Crippen LogP contribution in [0.2, 0.25) is 13.1 Å². The average molecular weight is 218 g/mol. The predicted molar refractivity (Wildman–Crippen MR) is 72.2 cm³/mol. The molecule has 15 heavy (non-hydrogen) atoms. The van der Waals surface area contributed by atoms with Crippen LogP contribution in [0.25, 0.3) is 0 Å². The first-order valence-electron chi connectivity index (χ1n) is 5.82.